The quantitative estimate of drug-likeness (QED) is 0.215. The zero-order valence-electron chi connectivity index (χ0n) is 16.6. The maximum Gasteiger partial charge on any atom is 0.294 e. The maximum absolute atomic E-state index is 11.1. The third-order valence-corrected chi connectivity index (χ3v) is 4.68. The Hall–Kier alpha value is -4.45. The second-order valence-corrected chi connectivity index (χ2v) is 6.74. The maximum atomic E-state index is 11.1. The Morgan fingerprint density at radius 2 is 1.23 bits per heavy atom. The Bertz CT molecular complexity index is 1140. The SMILES string of the molecule is O=[N+]([O-])c1ccccc1N/N=C/c1ccc(N(c2ccccc2)c2ccccc2)cc1. The Balaban J connectivity index is 1.55. The molecule has 152 valence electrons. The van der Waals surface area contributed by atoms with Gasteiger partial charge in [0, 0.05) is 23.1 Å². The molecule has 0 unspecified atom stereocenters. The number of rotatable bonds is 7. The van der Waals surface area contributed by atoms with Gasteiger partial charge in [-0.25, -0.2) is 0 Å². The van der Waals surface area contributed by atoms with E-state index in [1.165, 1.54) is 6.07 Å². The van der Waals surface area contributed by atoms with E-state index in [0.717, 1.165) is 22.6 Å². The van der Waals surface area contributed by atoms with Crippen molar-refractivity contribution in [3.8, 4) is 0 Å². The summed E-state index contributed by atoms with van der Waals surface area (Å²) in [5, 5.41) is 15.3. The largest absolute Gasteiger partial charge is 0.311 e. The number of hydrogen-bond acceptors (Lipinski definition) is 5. The van der Waals surface area contributed by atoms with Gasteiger partial charge in [-0.05, 0) is 48.0 Å². The summed E-state index contributed by atoms with van der Waals surface area (Å²) >= 11 is 0. The molecule has 0 amide bonds. The molecule has 31 heavy (non-hydrogen) atoms. The van der Waals surface area contributed by atoms with E-state index >= 15 is 0 Å². The molecule has 0 aliphatic heterocycles. The topological polar surface area (TPSA) is 70.8 Å². The van der Waals surface area contributed by atoms with Crippen LogP contribution in [0.3, 0.4) is 0 Å². The Morgan fingerprint density at radius 3 is 1.81 bits per heavy atom. The molecule has 4 rings (SSSR count). The molecule has 6 nitrogen and oxygen atoms in total. The van der Waals surface area contributed by atoms with Gasteiger partial charge >= 0.3 is 0 Å². The molecular formula is C25H20N4O2. The van der Waals surface area contributed by atoms with E-state index in [1.807, 2.05) is 60.7 Å². The van der Waals surface area contributed by atoms with Gasteiger partial charge in [0.05, 0.1) is 11.1 Å². The summed E-state index contributed by atoms with van der Waals surface area (Å²) in [5.41, 5.74) is 7.09. The summed E-state index contributed by atoms with van der Waals surface area (Å²) in [6.07, 6.45) is 1.63. The molecule has 0 aromatic heterocycles. The lowest BCUT2D eigenvalue weighted by atomic mass is 10.1. The Morgan fingerprint density at radius 1 is 0.710 bits per heavy atom. The molecule has 0 saturated carbocycles. The first-order valence-corrected chi connectivity index (χ1v) is 9.75. The van der Waals surface area contributed by atoms with Crippen LogP contribution in [0.2, 0.25) is 0 Å². The number of nitrogens with one attached hydrogen (secondary N) is 1. The van der Waals surface area contributed by atoms with Gasteiger partial charge in [0.2, 0.25) is 0 Å². The first-order chi connectivity index (χ1) is 15.2. The molecule has 0 fully saturated rings. The average Bonchev–Trinajstić information content (AvgIpc) is 2.82. The van der Waals surface area contributed by atoms with Crippen molar-refractivity contribution in [1.82, 2.24) is 0 Å². The summed E-state index contributed by atoms with van der Waals surface area (Å²) in [4.78, 5) is 12.8. The van der Waals surface area contributed by atoms with Gasteiger partial charge in [-0.1, -0.05) is 60.7 Å². The van der Waals surface area contributed by atoms with Gasteiger partial charge in [-0.15, -0.1) is 0 Å². The highest BCUT2D eigenvalue weighted by molar-refractivity contribution is 5.83. The van der Waals surface area contributed by atoms with Crippen LogP contribution in [0.1, 0.15) is 5.56 Å². The van der Waals surface area contributed by atoms with Crippen molar-refractivity contribution in [3.63, 3.8) is 0 Å². The monoisotopic (exact) mass is 408 g/mol. The second kappa shape index (κ2) is 9.37. The zero-order valence-corrected chi connectivity index (χ0v) is 16.6. The van der Waals surface area contributed by atoms with Crippen LogP contribution in [0.4, 0.5) is 28.4 Å². The van der Waals surface area contributed by atoms with Crippen LogP contribution in [0.15, 0.2) is 114 Å². The number of nitrogens with zero attached hydrogens (tertiary/aromatic N) is 3. The standard InChI is InChI=1S/C25H20N4O2/c30-29(31)25-14-8-7-13-24(25)27-26-19-20-15-17-23(18-16-20)28(21-9-3-1-4-10-21)22-11-5-2-6-12-22/h1-19,27H/b26-19+. The third-order valence-electron chi connectivity index (χ3n) is 4.68. The van der Waals surface area contributed by atoms with E-state index in [4.69, 9.17) is 0 Å². The van der Waals surface area contributed by atoms with Gasteiger partial charge in [0.1, 0.15) is 5.69 Å². The van der Waals surface area contributed by atoms with Crippen LogP contribution in [-0.2, 0) is 0 Å². The van der Waals surface area contributed by atoms with Crippen molar-refractivity contribution in [3.05, 3.63) is 125 Å². The van der Waals surface area contributed by atoms with E-state index in [2.05, 4.69) is 39.7 Å². The first kappa shape index (κ1) is 19.8. The molecule has 0 atom stereocenters. The van der Waals surface area contributed by atoms with Crippen LogP contribution in [0.5, 0.6) is 0 Å². The lowest BCUT2D eigenvalue weighted by molar-refractivity contribution is -0.384. The van der Waals surface area contributed by atoms with Crippen molar-refractivity contribution in [2.24, 2.45) is 5.10 Å². The van der Waals surface area contributed by atoms with Gasteiger partial charge in [0.25, 0.3) is 5.69 Å². The number of nitro benzene ring substituents is 1. The lowest BCUT2D eigenvalue weighted by Crippen LogP contribution is -2.09. The fourth-order valence-electron chi connectivity index (χ4n) is 3.21. The van der Waals surface area contributed by atoms with Crippen LogP contribution in [0.25, 0.3) is 0 Å². The highest BCUT2D eigenvalue weighted by atomic mass is 16.6. The smallest absolute Gasteiger partial charge is 0.294 e. The molecule has 4 aromatic carbocycles. The van der Waals surface area contributed by atoms with E-state index in [0.29, 0.717) is 5.69 Å². The highest BCUT2D eigenvalue weighted by Crippen LogP contribution is 2.33. The lowest BCUT2D eigenvalue weighted by Gasteiger charge is -2.25. The molecule has 0 aliphatic carbocycles. The van der Waals surface area contributed by atoms with E-state index in [-0.39, 0.29) is 5.69 Å². The van der Waals surface area contributed by atoms with E-state index in [9.17, 15) is 10.1 Å². The fraction of sp³-hybridized carbons (Fsp3) is 0. The normalized spacial score (nSPS) is 10.7. The summed E-state index contributed by atoms with van der Waals surface area (Å²) in [6, 6.07) is 34.7. The molecule has 0 spiro atoms. The number of hydrogen-bond donors (Lipinski definition) is 1. The van der Waals surface area contributed by atoms with Crippen LogP contribution >= 0.6 is 0 Å². The molecule has 4 aromatic rings. The summed E-state index contributed by atoms with van der Waals surface area (Å²) in [7, 11) is 0. The predicted molar refractivity (Wildman–Crippen MR) is 125 cm³/mol. The first-order valence-electron chi connectivity index (χ1n) is 9.75. The summed E-state index contributed by atoms with van der Waals surface area (Å²) in [5.74, 6) is 0. The molecule has 6 heteroatoms. The number of nitro groups is 1. The van der Waals surface area contributed by atoms with Crippen molar-refractivity contribution in [2.75, 3.05) is 10.3 Å². The van der Waals surface area contributed by atoms with Crippen molar-refractivity contribution in [1.29, 1.82) is 0 Å². The second-order valence-electron chi connectivity index (χ2n) is 6.74. The number of anilines is 4. The zero-order chi connectivity index (χ0) is 21.5. The summed E-state index contributed by atoms with van der Waals surface area (Å²) < 4.78 is 0. The number of benzene rings is 4. The third kappa shape index (κ3) is 4.76. The van der Waals surface area contributed by atoms with Crippen molar-refractivity contribution in [2.45, 2.75) is 0 Å². The van der Waals surface area contributed by atoms with E-state index < -0.39 is 4.92 Å². The van der Waals surface area contributed by atoms with Crippen LogP contribution in [-0.4, -0.2) is 11.1 Å². The van der Waals surface area contributed by atoms with Crippen LogP contribution in [0, 0.1) is 10.1 Å². The Kier molecular flexibility index (Phi) is 6.00. The summed E-state index contributed by atoms with van der Waals surface area (Å²) in [6.45, 7) is 0. The molecule has 1 N–H and O–H groups in total. The van der Waals surface area contributed by atoms with Crippen molar-refractivity contribution >= 4 is 34.7 Å². The van der Waals surface area contributed by atoms with Crippen molar-refractivity contribution < 1.29 is 4.92 Å². The minimum atomic E-state index is -0.436. The van der Waals surface area contributed by atoms with E-state index in [1.54, 1.807) is 24.4 Å². The minimum absolute atomic E-state index is 0.0173. The molecule has 0 radical (unpaired) electrons. The number of hydrazone groups is 1. The molecule has 0 saturated heterocycles. The molecule has 0 bridgehead atoms. The molecule has 0 heterocycles. The minimum Gasteiger partial charge on any atom is -0.311 e. The average molecular weight is 408 g/mol. The van der Waals surface area contributed by atoms with Gasteiger partial charge in [0.15, 0.2) is 0 Å². The van der Waals surface area contributed by atoms with Gasteiger partial charge in [-0.2, -0.15) is 5.10 Å². The van der Waals surface area contributed by atoms with Crippen LogP contribution < -0.4 is 10.3 Å². The Labute approximate surface area is 180 Å². The molecular weight excluding hydrogens is 388 g/mol. The fourth-order valence-corrected chi connectivity index (χ4v) is 3.21. The van der Waals surface area contributed by atoms with Gasteiger partial charge in [-0.3, -0.25) is 15.5 Å². The van der Waals surface area contributed by atoms with Gasteiger partial charge < -0.3 is 4.90 Å². The highest BCUT2D eigenvalue weighted by Gasteiger charge is 2.12. The predicted octanol–water partition coefficient (Wildman–Crippen LogP) is 6.51. The number of para-hydroxylation sites is 4. The molecule has 0 aliphatic rings.